The molecule has 1 fully saturated rings. The maximum Gasteiger partial charge on any atom is 0.245 e. The maximum absolute atomic E-state index is 12.3. The second-order valence-electron chi connectivity index (χ2n) is 5.10. The molecule has 1 aliphatic heterocycles. The van der Waals surface area contributed by atoms with Gasteiger partial charge in [-0.25, -0.2) is 0 Å². The summed E-state index contributed by atoms with van der Waals surface area (Å²) in [6.45, 7) is 3.29. The highest BCUT2D eigenvalue weighted by Crippen LogP contribution is 2.24. The molecular weight excluding hydrogens is 294 g/mol. The van der Waals surface area contributed by atoms with E-state index < -0.39 is 5.54 Å². The summed E-state index contributed by atoms with van der Waals surface area (Å²) in [6.07, 6.45) is 4.56. The van der Waals surface area contributed by atoms with Crippen LogP contribution in [0, 0.1) is 0 Å². The van der Waals surface area contributed by atoms with Crippen molar-refractivity contribution in [2.45, 2.75) is 44.7 Å². The van der Waals surface area contributed by atoms with E-state index in [0.717, 1.165) is 25.8 Å². The van der Waals surface area contributed by atoms with E-state index in [4.69, 9.17) is 5.73 Å². The van der Waals surface area contributed by atoms with Gasteiger partial charge >= 0.3 is 0 Å². The molecule has 2 heterocycles. The first-order valence-electron chi connectivity index (χ1n) is 6.94. The van der Waals surface area contributed by atoms with E-state index in [2.05, 4.69) is 15.7 Å². The topological polar surface area (TPSA) is 102 Å². The molecule has 0 saturated carbocycles. The lowest BCUT2D eigenvalue weighted by Crippen LogP contribution is -2.50. The minimum atomic E-state index is -0.475. The first-order chi connectivity index (χ1) is 9.55. The van der Waals surface area contributed by atoms with Gasteiger partial charge in [0.15, 0.2) is 5.82 Å². The fraction of sp³-hybridized carbons (Fsp3) is 0.615. The number of hydrogen-bond acceptors (Lipinski definition) is 4. The number of anilines is 1. The number of rotatable bonds is 6. The van der Waals surface area contributed by atoms with Gasteiger partial charge in [-0.2, -0.15) is 5.10 Å². The number of carbonyl (C=O) groups excluding carboxylic acids is 2. The lowest BCUT2D eigenvalue weighted by molar-refractivity contribution is -0.122. The summed E-state index contributed by atoms with van der Waals surface area (Å²) in [6, 6.07) is 1.72. The summed E-state index contributed by atoms with van der Waals surface area (Å²) in [4.78, 5) is 23.1. The molecular formula is C13H22ClN5O2. The Hall–Kier alpha value is -1.60. The van der Waals surface area contributed by atoms with E-state index in [-0.39, 0.29) is 30.6 Å². The predicted octanol–water partition coefficient (Wildman–Crippen LogP) is 0.651. The summed E-state index contributed by atoms with van der Waals surface area (Å²) >= 11 is 0. The van der Waals surface area contributed by atoms with Crippen LogP contribution in [-0.4, -0.2) is 33.7 Å². The molecule has 0 spiro atoms. The summed E-state index contributed by atoms with van der Waals surface area (Å²) in [5.74, 6) is 0.0878. The number of nitrogens with one attached hydrogen (secondary N) is 2. The fourth-order valence-electron chi connectivity index (χ4n) is 2.48. The average Bonchev–Trinajstić information content (AvgIpc) is 3.05. The van der Waals surface area contributed by atoms with Crippen molar-refractivity contribution < 1.29 is 9.59 Å². The zero-order valence-corrected chi connectivity index (χ0v) is 12.9. The summed E-state index contributed by atoms with van der Waals surface area (Å²) in [5.41, 5.74) is 4.61. The second kappa shape index (κ2) is 7.42. The summed E-state index contributed by atoms with van der Waals surface area (Å²) in [7, 11) is 0. The number of nitrogens with two attached hydrogens (primary N) is 1. The van der Waals surface area contributed by atoms with Crippen LogP contribution in [-0.2, 0) is 16.1 Å². The Kier molecular flexibility index (Phi) is 6.17. The SMILES string of the molecule is CCC1(C(=O)Nc2ccn(CCC(N)=O)n2)CCCN1.Cl. The first kappa shape index (κ1) is 17.5. The van der Waals surface area contributed by atoms with Crippen molar-refractivity contribution in [3.8, 4) is 0 Å². The van der Waals surface area contributed by atoms with E-state index in [0.29, 0.717) is 12.4 Å². The summed E-state index contributed by atoms with van der Waals surface area (Å²) < 4.78 is 1.60. The minimum absolute atomic E-state index is 0. The Morgan fingerprint density at radius 1 is 1.57 bits per heavy atom. The Labute approximate surface area is 130 Å². The predicted molar refractivity (Wildman–Crippen MR) is 82.2 cm³/mol. The zero-order chi connectivity index (χ0) is 14.6. The van der Waals surface area contributed by atoms with Crippen LogP contribution in [0.5, 0.6) is 0 Å². The number of aromatic nitrogens is 2. The smallest absolute Gasteiger partial charge is 0.245 e. The van der Waals surface area contributed by atoms with Crippen molar-refractivity contribution in [1.82, 2.24) is 15.1 Å². The van der Waals surface area contributed by atoms with Gasteiger partial charge in [0, 0.05) is 25.2 Å². The zero-order valence-electron chi connectivity index (χ0n) is 12.1. The third-order valence-electron chi connectivity index (χ3n) is 3.75. The molecule has 118 valence electrons. The molecule has 1 aliphatic rings. The van der Waals surface area contributed by atoms with Gasteiger partial charge in [0.25, 0.3) is 0 Å². The highest BCUT2D eigenvalue weighted by Gasteiger charge is 2.39. The molecule has 0 aromatic carbocycles. The van der Waals surface area contributed by atoms with Crippen molar-refractivity contribution in [3.63, 3.8) is 0 Å². The van der Waals surface area contributed by atoms with Crippen molar-refractivity contribution in [2.24, 2.45) is 5.73 Å². The first-order valence-corrected chi connectivity index (χ1v) is 6.94. The van der Waals surface area contributed by atoms with Gasteiger partial charge in [-0.1, -0.05) is 6.92 Å². The van der Waals surface area contributed by atoms with Crippen LogP contribution < -0.4 is 16.4 Å². The van der Waals surface area contributed by atoms with Crippen molar-refractivity contribution in [1.29, 1.82) is 0 Å². The van der Waals surface area contributed by atoms with E-state index >= 15 is 0 Å². The molecule has 2 amide bonds. The highest BCUT2D eigenvalue weighted by atomic mass is 35.5. The number of amides is 2. The molecule has 21 heavy (non-hydrogen) atoms. The molecule has 1 aromatic rings. The molecule has 0 bridgehead atoms. The van der Waals surface area contributed by atoms with Gasteiger partial charge in [-0.15, -0.1) is 12.4 Å². The molecule has 0 radical (unpaired) electrons. The summed E-state index contributed by atoms with van der Waals surface area (Å²) in [5, 5.41) is 10.3. The number of nitrogens with zero attached hydrogens (tertiary/aromatic N) is 2. The third kappa shape index (κ3) is 4.18. The van der Waals surface area contributed by atoms with Crippen LogP contribution in [0.1, 0.15) is 32.6 Å². The van der Waals surface area contributed by atoms with Gasteiger partial charge in [0.1, 0.15) is 0 Å². The van der Waals surface area contributed by atoms with Gasteiger partial charge in [-0.3, -0.25) is 14.3 Å². The quantitative estimate of drug-likeness (QED) is 0.717. The highest BCUT2D eigenvalue weighted by molar-refractivity contribution is 5.97. The largest absolute Gasteiger partial charge is 0.370 e. The molecule has 4 N–H and O–H groups in total. The van der Waals surface area contributed by atoms with Crippen LogP contribution in [0.4, 0.5) is 5.82 Å². The standard InChI is InChI=1S/C13H21N5O2.ClH/c1-2-13(6-3-7-15-13)12(20)16-11-5-9-18(17-11)8-4-10(14)19;/h5,9,15H,2-4,6-8H2,1H3,(H2,14,19)(H,16,17,20);1H. The van der Waals surface area contributed by atoms with Crippen LogP contribution in [0.25, 0.3) is 0 Å². The Morgan fingerprint density at radius 3 is 2.90 bits per heavy atom. The molecule has 0 aliphatic carbocycles. The molecule has 1 saturated heterocycles. The number of primary amides is 1. The molecule has 8 heteroatoms. The minimum Gasteiger partial charge on any atom is -0.370 e. The van der Waals surface area contributed by atoms with Crippen LogP contribution >= 0.6 is 12.4 Å². The third-order valence-corrected chi connectivity index (χ3v) is 3.75. The number of hydrogen-bond donors (Lipinski definition) is 3. The van der Waals surface area contributed by atoms with Crippen LogP contribution in [0.3, 0.4) is 0 Å². The second-order valence-corrected chi connectivity index (χ2v) is 5.10. The lowest BCUT2D eigenvalue weighted by atomic mass is 9.93. The van der Waals surface area contributed by atoms with E-state index in [1.54, 1.807) is 16.9 Å². The monoisotopic (exact) mass is 315 g/mol. The van der Waals surface area contributed by atoms with Gasteiger partial charge in [0.2, 0.25) is 11.8 Å². The average molecular weight is 316 g/mol. The Bertz CT molecular complexity index is 497. The van der Waals surface area contributed by atoms with Crippen molar-refractivity contribution in [3.05, 3.63) is 12.3 Å². The maximum atomic E-state index is 12.3. The lowest BCUT2D eigenvalue weighted by Gasteiger charge is -2.26. The molecule has 7 nitrogen and oxygen atoms in total. The van der Waals surface area contributed by atoms with Gasteiger partial charge < -0.3 is 16.4 Å². The fourth-order valence-corrected chi connectivity index (χ4v) is 2.48. The van der Waals surface area contributed by atoms with Crippen LogP contribution in [0.15, 0.2) is 12.3 Å². The Balaban J connectivity index is 0.00000220. The van der Waals surface area contributed by atoms with E-state index in [9.17, 15) is 9.59 Å². The molecule has 1 unspecified atom stereocenters. The van der Waals surface area contributed by atoms with Crippen molar-refractivity contribution in [2.75, 3.05) is 11.9 Å². The van der Waals surface area contributed by atoms with Gasteiger partial charge in [-0.05, 0) is 25.8 Å². The molecule has 1 aromatic heterocycles. The van der Waals surface area contributed by atoms with Gasteiger partial charge in [0.05, 0.1) is 5.54 Å². The van der Waals surface area contributed by atoms with Crippen LogP contribution in [0.2, 0.25) is 0 Å². The number of halogens is 1. The number of carbonyl (C=O) groups is 2. The molecule has 1 atom stereocenters. The van der Waals surface area contributed by atoms with E-state index in [1.807, 2.05) is 6.92 Å². The molecule has 2 rings (SSSR count). The normalized spacial score (nSPS) is 20.8. The Morgan fingerprint density at radius 2 is 2.33 bits per heavy atom. The van der Waals surface area contributed by atoms with Crippen molar-refractivity contribution >= 4 is 30.0 Å². The van der Waals surface area contributed by atoms with E-state index in [1.165, 1.54) is 0 Å². The number of aryl methyl sites for hydroxylation is 1.